The molecule has 1 aromatic heterocycles. The van der Waals surface area contributed by atoms with Gasteiger partial charge in [-0.05, 0) is 12.5 Å². The molecule has 15 heavy (non-hydrogen) atoms. The van der Waals surface area contributed by atoms with E-state index in [9.17, 15) is 14.0 Å². The number of hydrogen-bond acceptors (Lipinski definition) is 3. The molecule has 0 aromatic carbocycles. The monoisotopic (exact) mass is 211 g/mol. The van der Waals surface area contributed by atoms with Crippen molar-refractivity contribution in [1.29, 1.82) is 0 Å². The Morgan fingerprint density at radius 1 is 1.40 bits per heavy atom. The molecule has 1 N–H and O–H groups in total. The zero-order chi connectivity index (χ0) is 11.1. The van der Waals surface area contributed by atoms with Crippen molar-refractivity contribution in [2.24, 2.45) is 0 Å². The van der Waals surface area contributed by atoms with Crippen LogP contribution in [0.4, 0.5) is 4.39 Å². The highest BCUT2D eigenvalue weighted by atomic mass is 19.1. The van der Waals surface area contributed by atoms with Gasteiger partial charge in [-0.1, -0.05) is 12.2 Å². The van der Waals surface area contributed by atoms with E-state index in [-0.39, 0.29) is 5.83 Å². The van der Waals surface area contributed by atoms with E-state index in [0.29, 0.717) is 6.42 Å². The molecule has 0 fully saturated rings. The van der Waals surface area contributed by atoms with E-state index in [2.05, 4.69) is 4.42 Å². The second-order valence-corrected chi connectivity index (χ2v) is 2.78. The first-order chi connectivity index (χ1) is 7.18. The van der Waals surface area contributed by atoms with Gasteiger partial charge in [0.2, 0.25) is 0 Å². The lowest BCUT2D eigenvalue weighted by molar-refractivity contribution is 0.479. The molecule has 0 aliphatic heterocycles. The van der Waals surface area contributed by atoms with Crippen molar-refractivity contribution in [3.63, 3.8) is 0 Å². The highest BCUT2D eigenvalue weighted by Gasteiger charge is 1.93. The third kappa shape index (κ3) is 4.75. The Morgan fingerprint density at radius 3 is 2.53 bits per heavy atom. The minimum Gasteiger partial charge on any atom is -0.418 e. The fourth-order valence-corrected chi connectivity index (χ4v) is 0.903. The summed E-state index contributed by atoms with van der Waals surface area (Å²) >= 11 is 0. The van der Waals surface area contributed by atoms with Gasteiger partial charge in [0.15, 0.2) is 0 Å². The van der Waals surface area contributed by atoms with Gasteiger partial charge < -0.3 is 4.42 Å². The number of halogens is 1. The molecule has 0 atom stereocenters. The van der Waals surface area contributed by atoms with Crippen molar-refractivity contribution in [2.45, 2.75) is 12.8 Å². The minimum absolute atomic E-state index is 0.00231. The minimum atomic E-state index is -0.725. The lowest BCUT2D eigenvalue weighted by atomic mass is 10.2. The summed E-state index contributed by atoms with van der Waals surface area (Å²) in [5, 5.41) is 0. The van der Waals surface area contributed by atoms with Crippen molar-refractivity contribution >= 4 is 0 Å². The predicted molar refractivity (Wildman–Crippen MR) is 53.2 cm³/mol. The first-order valence-electron chi connectivity index (χ1n) is 4.38. The molecular formula is C10H10FNO3. The second kappa shape index (κ2) is 5.74. The highest BCUT2D eigenvalue weighted by molar-refractivity contribution is 5.11. The van der Waals surface area contributed by atoms with E-state index in [1.807, 2.05) is 11.1 Å². The van der Waals surface area contributed by atoms with Crippen LogP contribution in [0.5, 0.6) is 0 Å². The molecule has 0 unspecified atom stereocenters. The molecular weight excluding hydrogens is 201 g/mol. The maximum atomic E-state index is 12.0. The summed E-state index contributed by atoms with van der Waals surface area (Å²) < 4.78 is 16.2. The Hall–Kier alpha value is -1.91. The van der Waals surface area contributed by atoms with Crippen LogP contribution in [-0.4, -0.2) is 4.98 Å². The summed E-state index contributed by atoms with van der Waals surface area (Å²) in [5.41, 5.74) is -0.443. The van der Waals surface area contributed by atoms with Crippen LogP contribution in [0.25, 0.3) is 0 Å². The first kappa shape index (κ1) is 11.2. The zero-order valence-electron chi connectivity index (χ0n) is 7.90. The summed E-state index contributed by atoms with van der Waals surface area (Å²) in [6, 6.07) is 1.13. The number of aromatic nitrogens is 1. The predicted octanol–water partition coefficient (Wildman–Crippen LogP) is 1.52. The van der Waals surface area contributed by atoms with Crippen LogP contribution >= 0.6 is 0 Å². The molecule has 80 valence electrons. The van der Waals surface area contributed by atoms with Gasteiger partial charge in [0.25, 0.3) is 5.56 Å². The quantitative estimate of drug-likeness (QED) is 0.707. The molecule has 0 spiro atoms. The number of allylic oxidation sites excluding steroid dienone is 4. The maximum Gasteiger partial charge on any atom is 0.418 e. The Balaban J connectivity index is 0.000000151. The molecule has 0 saturated carbocycles. The molecule has 0 bridgehead atoms. The van der Waals surface area contributed by atoms with Gasteiger partial charge in [-0.15, -0.1) is 0 Å². The van der Waals surface area contributed by atoms with Gasteiger partial charge in [-0.2, -0.15) is 0 Å². The lowest BCUT2D eigenvalue weighted by Gasteiger charge is -1.94. The van der Waals surface area contributed by atoms with Gasteiger partial charge in [-0.3, -0.25) is 9.78 Å². The maximum absolute atomic E-state index is 12.0. The van der Waals surface area contributed by atoms with Crippen molar-refractivity contribution < 1.29 is 8.81 Å². The standard InChI is InChI=1S/C6H7F.C4H3NO3/c7-6-4-2-1-3-5-6;6-3-1-2-8-4(7)5-3/h1-2,4H,3,5H2;1-2H,(H,5,6,7). The normalized spacial score (nSPS) is 13.8. The molecule has 1 aliphatic carbocycles. The average molecular weight is 211 g/mol. The Kier molecular flexibility index (Phi) is 4.28. The number of H-pyrrole nitrogens is 1. The van der Waals surface area contributed by atoms with E-state index in [1.54, 1.807) is 6.08 Å². The summed E-state index contributed by atoms with van der Waals surface area (Å²) in [7, 11) is 0. The second-order valence-electron chi connectivity index (χ2n) is 2.78. The fraction of sp³-hybridized carbons (Fsp3) is 0.200. The molecule has 2 rings (SSSR count). The van der Waals surface area contributed by atoms with E-state index in [0.717, 1.165) is 18.8 Å². The molecule has 0 amide bonds. The van der Waals surface area contributed by atoms with Crippen LogP contribution in [0.3, 0.4) is 0 Å². The van der Waals surface area contributed by atoms with Crippen molar-refractivity contribution in [2.75, 3.05) is 0 Å². The first-order valence-corrected chi connectivity index (χ1v) is 4.38. The largest absolute Gasteiger partial charge is 0.418 e. The van der Waals surface area contributed by atoms with E-state index in [1.165, 1.54) is 6.08 Å². The summed E-state index contributed by atoms with van der Waals surface area (Å²) in [6.45, 7) is 0. The molecule has 1 heterocycles. The Bertz CT molecular complexity index is 445. The van der Waals surface area contributed by atoms with E-state index < -0.39 is 11.3 Å². The van der Waals surface area contributed by atoms with Crippen molar-refractivity contribution in [3.05, 3.63) is 57.3 Å². The van der Waals surface area contributed by atoms with Crippen LogP contribution in [0.1, 0.15) is 12.8 Å². The number of hydrogen-bond donors (Lipinski definition) is 1. The smallest absolute Gasteiger partial charge is 0.418 e. The fourth-order valence-electron chi connectivity index (χ4n) is 0.903. The Morgan fingerprint density at radius 2 is 2.20 bits per heavy atom. The van der Waals surface area contributed by atoms with Crippen LogP contribution in [0.15, 0.2) is 50.4 Å². The van der Waals surface area contributed by atoms with Gasteiger partial charge in [-0.25, -0.2) is 9.18 Å². The lowest BCUT2D eigenvalue weighted by Crippen LogP contribution is -2.15. The molecule has 0 saturated heterocycles. The summed E-state index contributed by atoms with van der Waals surface area (Å²) in [4.78, 5) is 22.1. The SMILES string of the molecule is FC1=CC=CCC1.O=c1ccoc(=O)[nH]1. The van der Waals surface area contributed by atoms with Crippen molar-refractivity contribution in [1.82, 2.24) is 4.98 Å². The van der Waals surface area contributed by atoms with E-state index >= 15 is 0 Å². The highest BCUT2D eigenvalue weighted by Crippen LogP contribution is 2.11. The molecule has 5 heteroatoms. The van der Waals surface area contributed by atoms with E-state index in [4.69, 9.17) is 0 Å². The van der Waals surface area contributed by atoms with Crippen LogP contribution in [0, 0.1) is 0 Å². The van der Waals surface area contributed by atoms with Crippen LogP contribution in [0.2, 0.25) is 0 Å². The third-order valence-corrected chi connectivity index (χ3v) is 1.58. The van der Waals surface area contributed by atoms with Crippen molar-refractivity contribution in [3.8, 4) is 0 Å². The zero-order valence-corrected chi connectivity index (χ0v) is 7.90. The topological polar surface area (TPSA) is 63.1 Å². The van der Waals surface area contributed by atoms with Gasteiger partial charge in [0.1, 0.15) is 12.1 Å². The molecule has 1 aliphatic rings. The third-order valence-electron chi connectivity index (χ3n) is 1.58. The summed E-state index contributed by atoms with van der Waals surface area (Å²) in [5.74, 6) is -0.722. The molecule has 4 nitrogen and oxygen atoms in total. The molecule has 1 aromatic rings. The van der Waals surface area contributed by atoms with Crippen LogP contribution < -0.4 is 11.3 Å². The average Bonchev–Trinajstić information content (AvgIpc) is 2.19. The number of nitrogens with one attached hydrogen (secondary N) is 1. The van der Waals surface area contributed by atoms with Gasteiger partial charge in [0, 0.05) is 12.5 Å². The van der Waals surface area contributed by atoms with Crippen LogP contribution in [-0.2, 0) is 0 Å². The Labute approximate surface area is 84.8 Å². The number of rotatable bonds is 0. The molecule has 0 radical (unpaired) electrons. The summed E-state index contributed by atoms with van der Waals surface area (Å²) in [6.07, 6.45) is 7.71. The van der Waals surface area contributed by atoms with Gasteiger partial charge >= 0.3 is 5.76 Å². The van der Waals surface area contributed by atoms with Gasteiger partial charge in [0.05, 0.1) is 0 Å². The number of aromatic amines is 1.